The molecular formula is C14H26O6S2. The Kier molecular flexibility index (Phi) is 13.4. The number of unbranched alkanes of at least 4 members (excludes halogenated alkanes) is 5. The maximum atomic E-state index is 11.5. The molecule has 0 radical (unpaired) electrons. The van der Waals surface area contributed by atoms with E-state index in [2.05, 4.69) is 9.47 Å². The molecule has 0 aliphatic heterocycles. The molecule has 22 heavy (non-hydrogen) atoms. The molecule has 0 aromatic carbocycles. The van der Waals surface area contributed by atoms with Gasteiger partial charge in [0.05, 0.1) is 14.2 Å². The lowest BCUT2D eigenvalue weighted by Crippen LogP contribution is -2.14. The van der Waals surface area contributed by atoms with E-state index in [0.29, 0.717) is 11.5 Å². The van der Waals surface area contributed by atoms with Crippen LogP contribution in [0.1, 0.15) is 38.5 Å². The molecule has 0 aromatic rings. The van der Waals surface area contributed by atoms with Gasteiger partial charge < -0.3 is 9.47 Å². The third-order valence-corrected chi connectivity index (χ3v) is 5.61. The highest BCUT2D eigenvalue weighted by atomic mass is 32.2. The fourth-order valence-corrected chi connectivity index (χ4v) is 3.86. The Hall–Kier alpha value is -0.760. The van der Waals surface area contributed by atoms with Gasteiger partial charge in [0.2, 0.25) is 0 Å². The zero-order valence-electron chi connectivity index (χ0n) is 13.3. The van der Waals surface area contributed by atoms with E-state index in [-0.39, 0.29) is 11.5 Å². The van der Waals surface area contributed by atoms with Gasteiger partial charge in [-0.15, -0.1) is 0 Å². The molecule has 2 unspecified atom stereocenters. The second-order valence-corrected chi connectivity index (χ2v) is 8.00. The molecule has 0 aliphatic carbocycles. The molecular weight excluding hydrogens is 328 g/mol. The molecule has 0 amide bonds. The van der Waals surface area contributed by atoms with E-state index in [0.717, 1.165) is 38.5 Å². The van der Waals surface area contributed by atoms with E-state index in [4.69, 9.17) is 0 Å². The number of esters is 2. The molecule has 0 fully saturated rings. The lowest BCUT2D eigenvalue weighted by atomic mass is 10.1. The third-order valence-electron chi connectivity index (χ3n) is 3.01. The Morgan fingerprint density at radius 2 is 1.00 bits per heavy atom. The van der Waals surface area contributed by atoms with Crippen molar-refractivity contribution >= 4 is 33.5 Å². The first kappa shape index (κ1) is 21.2. The van der Waals surface area contributed by atoms with Gasteiger partial charge >= 0.3 is 11.9 Å². The van der Waals surface area contributed by atoms with Crippen molar-refractivity contribution in [3.8, 4) is 0 Å². The first-order chi connectivity index (χ1) is 10.5. The summed E-state index contributed by atoms with van der Waals surface area (Å²) < 4.78 is 31.9. The molecule has 0 saturated carbocycles. The van der Waals surface area contributed by atoms with Crippen molar-refractivity contribution in [3.63, 3.8) is 0 Å². The molecule has 0 rings (SSSR count). The lowest BCUT2D eigenvalue weighted by Gasteiger charge is -2.03. The summed E-state index contributed by atoms with van der Waals surface area (Å²) in [5, 5.41) is 0. The normalized spacial score (nSPS) is 13.4. The van der Waals surface area contributed by atoms with Gasteiger partial charge in [-0.05, 0) is 12.8 Å². The van der Waals surface area contributed by atoms with E-state index in [1.807, 2.05) is 0 Å². The number of rotatable bonds is 13. The topological polar surface area (TPSA) is 86.7 Å². The SMILES string of the molecule is COC(=O)CS(=O)CCCCCCCCS(=O)CC(=O)OC. The molecule has 0 saturated heterocycles. The van der Waals surface area contributed by atoms with Crippen LogP contribution in [0.3, 0.4) is 0 Å². The minimum absolute atomic E-state index is 0.0253. The van der Waals surface area contributed by atoms with Crippen LogP contribution in [-0.4, -0.2) is 57.6 Å². The van der Waals surface area contributed by atoms with E-state index >= 15 is 0 Å². The van der Waals surface area contributed by atoms with E-state index < -0.39 is 33.5 Å². The average Bonchev–Trinajstić information content (AvgIpc) is 2.49. The fraction of sp³-hybridized carbons (Fsp3) is 0.857. The summed E-state index contributed by atoms with van der Waals surface area (Å²) in [5.41, 5.74) is 0. The molecule has 0 spiro atoms. The van der Waals surface area contributed by atoms with E-state index in [1.165, 1.54) is 14.2 Å². The fourth-order valence-electron chi connectivity index (χ4n) is 1.76. The van der Waals surface area contributed by atoms with Crippen LogP contribution >= 0.6 is 0 Å². The number of ether oxygens (including phenoxy) is 2. The molecule has 2 atom stereocenters. The van der Waals surface area contributed by atoms with Gasteiger partial charge in [0.15, 0.2) is 0 Å². The second kappa shape index (κ2) is 13.9. The number of carbonyl (C=O) groups excluding carboxylic acids is 2. The Labute approximate surface area is 137 Å². The number of hydrogen-bond donors (Lipinski definition) is 0. The first-order valence-corrected chi connectivity index (χ1v) is 10.3. The summed E-state index contributed by atoms with van der Waals surface area (Å²) in [6, 6.07) is 0. The summed E-state index contributed by atoms with van der Waals surface area (Å²) in [5.74, 6) is 0.137. The van der Waals surface area contributed by atoms with Gasteiger partial charge in [-0.2, -0.15) is 0 Å². The minimum Gasteiger partial charge on any atom is -0.468 e. The van der Waals surface area contributed by atoms with Gasteiger partial charge in [0.1, 0.15) is 11.5 Å². The molecule has 0 aliphatic rings. The number of hydrogen-bond acceptors (Lipinski definition) is 6. The van der Waals surface area contributed by atoms with Crippen LogP contribution in [0.5, 0.6) is 0 Å². The summed E-state index contributed by atoms with van der Waals surface area (Å²) in [6.07, 6.45) is 5.66. The number of methoxy groups -OCH3 is 2. The van der Waals surface area contributed by atoms with Crippen molar-refractivity contribution in [3.05, 3.63) is 0 Å². The summed E-state index contributed by atoms with van der Waals surface area (Å²) in [7, 11) is 0.318. The van der Waals surface area contributed by atoms with Crippen molar-refractivity contribution in [1.82, 2.24) is 0 Å². The summed E-state index contributed by atoms with van der Waals surface area (Å²) in [6.45, 7) is 0. The zero-order chi connectivity index (χ0) is 16.8. The molecule has 8 heteroatoms. The molecule has 6 nitrogen and oxygen atoms in total. The third kappa shape index (κ3) is 12.9. The van der Waals surface area contributed by atoms with Crippen LogP contribution in [0.25, 0.3) is 0 Å². The van der Waals surface area contributed by atoms with Crippen LogP contribution in [-0.2, 0) is 40.7 Å². The standard InChI is InChI=1S/C14H26O6S2/c1-19-13(15)11-21(17)9-7-5-3-4-6-8-10-22(18)12-14(16)20-2/h3-12H2,1-2H3. The smallest absolute Gasteiger partial charge is 0.318 e. The Morgan fingerprint density at radius 1 is 0.682 bits per heavy atom. The highest BCUT2D eigenvalue weighted by Crippen LogP contribution is 2.07. The van der Waals surface area contributed by atoms with Crippen molar-refractivity contribution in [2.75, 3.05) is 37.2 Å². The van der Waals surface area contributed by atoms with Crippen LogP contribution in [0.15, 0.2) is 0 Å². The molecule has 0 bridgehead atoms. The second-order valence-electron chi connectivity index (χ2n) is 4.85. The Balaban J connectivity index is 3.40. The predicted octanol–water partition coefficient (Wildman–Crippen LogP) is 1.17. The number of carbonyl (C=O) groups is 2. The predicted molar refractivity (Wildman–Crippen MR) is 87.5 cm³/mol. The van der Waals surface area contributed by atoms with Crippen LogP contribution in [0.2, 0.25) is 0 Å². The highest BCUT2D eigenvalue weighted by molar-refractivity contribution is 7.85. The molecule has 0 aromatic heterocycles. The summed E-state index contributed by atoms with van der Waals surface area (Å²) in [4.78, 5) is 21.8. The van der Waals surface area contributed by atoms with Crippen molar-refractivity contribution < 1.29 is 27.5 Å². The zero-order valence-corrected chi connectivity index (χ0v) is 15.0. The monoisotopic (exact) mass is 354 g/mol. The maximum Gasteiger partial charge on any atom is 0.318 e. The molecule has 0 N–H and O–H groups in total. The van der Waals surface area contributed by atoms with Gasteiger partial charge in [-0.1, -0.05) is 25.7 Å². The average molecular weight is 354 g/mol. The van der Waals surface area contributed by atoms with Crippen LogP contribution < -0.4 is 0 Å². The Morgan fingerprint density at radius 3 is 1.32 bits per heavy atom. The largest absolute Gasteiger partial charge is 0.468 e. The van der Waals surface area contributed by atoms with Crippen molar-refractivity contribution in [2.45, 2.75) is 38.5 Å². The van der Waals surface area contributed by atoms with Crippen LogP contribution in [0, 0.1) is 0 Å². The van der Waals surface area contributed by atoms with E-state index in [9.17, 15) is 18.0 Å². The summed E-state index contributed by atoms with van der Waals surface area (Å²) >= 11 is 0. The van der Waals surface area contributed by atoms with Gasteiger partial charge in [0.25, 0.3) is 0 Å². The van der Waals surface area contributed by atoms with Crippen LogP contribution in [0.4, 0.5) is 0 Å². The van der Waals surface area contributed by atoms with Gasteiger partial charge in [-0.3, -0.25) is 18.0 Å². The Bertz CT molecular complexity index is 348. The quantitative estimate of drug-likeness (QED) is 0.364. The highest BCUT2D eigenvalue weighted by Gasteiger charge is 2.08. The van der Waals surface area contributed by atoms with Crippen molar-refractivity contribution in [1.29, 1.82) is 0 Å². The van der Waals surface area contributed by atoms with Gasteiger partial charge in [0, 0.05) is 33.1 Å². The maximum absolute atomic E-state index is 11.5. The van der Waals surface area contributed by atoms with Crippen molar-refractivity contribution in [2.24, 2.45) is 0 Å². The minimum atomic E-state index is -1.13. The van der Waals surface area contributed by atoms with Gasteiger partial charge in [-0.25, -0.2) is 0 Å². The van der Waals surface area contributed by atoms with E-state index in [1.54, 1.807) is 0 Å². The molecule has 130 valence electrons. The first-order valence-electron chi connectivity index (χ1n) is 7.33. The lowest BCUT2D eigenvalue weighted by molar-refractivity contribution is -0.138. The molecule has 0 heterocycles.